The molecular weight excluding hydrogens is 713 g/mol. The van der Waals surface area contributed by atoms with E-state index in [1.807, 2.05) is 39.0 Å². The van der Waals surface area contributed by atoms with E-state index in [1.165, 1.54) is 12.1 Å². The van der Waals surface area contributed by atoms with Gasteiger partial charge in [-0.2, -0.15) is 0 Å². The number of para-hydroxylation sites is 1. The van der Waals surface area contributed by atoms with Crippen molar-refractivity contribution in [1.82, 2.24) is 21.3 Å². The molecule has 14 nitrogen and oxygen atoms in total. The van der Waals surface area contributed by atoms with E-state index < -0.39 is 62.3 Å². The zero-order valence-electron chi connectivity index (χ0n) is 31.0. The van der Waals surface area contributed by atoms with Crippen LogP contribution in [0.2, 0.25) is 0 Å². The molecule has 15 heteroatoms. The first kappa shape index (κ1) is 41.5. The third kappa shape index (κ3) is 10.4. The molecule has 1 unspecified atom stereocenters. The number of carboxylic acids is 1. The second kappa shape index (κ2) is 18.7. The van der Waals surface area contributed by atoms with Crippen LogP contribution in [-0.4, -0.2) is 79.7 Å². The van der Waals surface area contributed by atoms with Crippen LogP contribution in [0.1, 0.15) is 63.5 Å². The largest absolute Gasteiger partial charge is 0.480 e. The molecule has 3 aromatic rings. The van der Waals surface area contributed by atoms with Crippen molar-refractivity contribution in [3.8, 4) is 0 Å². The lowest BCUT2D eigenvalue weighted by Gasteiger charge is -2.36. The number of aryl methyl sites for hydroxylation is 1. The molecular formula is C39H50N6O8S. The SMILES string of the molecule is Cc1ccccc1NC(=O)Nc1ccc(C(C)C(=O)N[C@@H](CC(C)C)C(=O)NCC[C@H](NC(=O)[C@]2(S(=O)(=O)c3ccccc3)CCCNC2)C(=O)O)cc1. The Balaban J connectivity index is 1.35. The topological polar surface area (TPSA) is 212 Å². The van der Waals surface area contributed by atoms with Crippen LogP contribution >= 0.6 is 0 Å². The molecule has 0 saturated carbocycles. The van der Waals surface area contributed by atoms with Crippen molar-refractivity contribution in [2.24, 2.45) is 5.92 Å². The number of hydrogen-bond acceptors (Lipinski definition) is 8. The minimum atomic E-state index is -4.21. The van der Waals surface area contributed by atoms with Gasteiger partial charge in [0.1, 0.15) is 12.1 Å². The lowest BCUT2D eigenvalue weighted by atomic mass is 9.96. The van der Waals surface area contributed by atoms with Gasteiger partial charge in [0.05, 0.1) is 10.8 Å². The molecule has 0 aliphatic carbocycles. The number of sulfone groups is 1. The van der Waals surface area contributed by atoms with Crippen molar-refractivity contribution in [2.45, 2.75) is 81.0 Å². The maximum Gasteiger partial charge on any atom is 0.326 e. The summed E-state index contributed by atoms with van der Waals surface area (Å²) in [5.41, 5.74) is 2.78. The van der Waals surface area contributed by atoms with Crippen LogP contribution in [0.4, 0.5) is 16.2 Å². The quantitative estimate of drug-likeness (QED) is 0.113. The number of nitrogens with one attached hydrogen (secondary N) is 6. The van der Waals surface area contributed by atoms with Crippen LogP contribution in [0.3, 0.4) is 0 Å². The number of amides is 5. The fourth-order valence-corrected chi connectivity index (χ4v) is 8.24. The summed E-state index contributed by atoms with van der Waals surface area (Å²) in [6.07, 6.45) is 0.470. The van der Waals surface area contributed by atoms with E-state index in [4.69, 9.17) is 0 Å². The predicted molar refractivity (Wildman–Crippen MR) is 206 cm³/mol. The Labute approximate surface area is 316 Å². The average molecular weight is 763 g/mol. The summed E-state index contributed by atoms with van der Waals surface area (Å²) in [5, 5.41) is 26.4. The van der Waals surface area contributed by atoms with Crippen molar-refractivity contribution in [1.29, 1.82) is 0 Å². The molecule has 1 aliphatic rings. The molecule has 3 aromatic carbocycles. The summed E-state index contributed by atoms with van der Waals surface area (Å²) in [6, 6.07) is 18.9. The summed E-state index contributed by atoms with van der Waals surface area (Å²) < 4.78 is 25.6. The van der Waals surface area contributed by atoms with Crippen molar-refractivity contribution in [3.63, 3.8) is 0 Å². The summed E-state index contributed by atoms with van der Waals surface area (Å²) >= 11 is 0. The summed E-state index contributed by atoms with van der Waals surface area (Å²) in [7, 11) is -4.21. The third-order valence-electron chi connectivity index (χ3n) is 9.46. The van der Waals surface area contributed by atoms with Gasteiger partial charge in [-0.25, -0.2) is 18.0 Å². The van der Waals surface area contributed by atoms with Gasteiger partial charge in [-0.3, -0.25) is 14.4 Å². The normalized spacial score (nSPS) is 17.4. The Morgan fingerprint density at radius 3 is 2.11 bits per heavy atom. The first-order valence-corrected chi connectivity index (χ1v) is 19.5. The number of urea groups is 1. The molecule has 0 spiro atoms. The van der Waals surface area contributed by atoms with Crippen LogP contribution in [-0.2, 0) is 29.0 Å². The van der Waals surface area contributed by atoms with E-state index >= 15 is 0 Å². The molecule has 7 N–H and O–H groups in total. The maximum absolute atomic E-state index is 13.8. The van der Waals surface area contributed by atoms with Crippen LogP contribution in [0.15, 0.2) is 83.8 Å². The molecule has 0 aromatic heterocycles. The Kier molecular flexibility index (Phi) is 14.3. The van der Waals surface area contributed by atoms with Gasteiger partial charge in [0.15, 0.2) is 14.6 Å². The van der Waals surface area contributed by atoms with Gasteiger partial charge in [0, 0.05) is 24.5 Å². The van der Waals surface area contributed by atoms with Crippen LogP contribution < -0.4 is 31.9 Å². The molecule has 290 valence electrons. The van der Waals surface area contributed by atoms with E-state index in [2.05, 4.69) is 31.9 Å². The van der Waals surface area contributed by atoms with Gasteiger partial charge >= 0.3 is 12.0 Å². The molecule has 54 heavy (non-hydrogen) atoms. The van der Waals surface area contributed by atoms with Crippen LogP contribution in [0.25, 0.3) is 0 Å². The zero-order valence-corrected chi connectivity index (χ0v) is 31.8. The molecule has 5 amide bonds. The second-order valence-corrected chi connectivity index (χ2v) is 16.2. The molecule has 4 rings (SSSR count). The number of carboxylic acid groups (broad SMARTS) is 1. The smallest absolute Gasteiger partial charge is 0.326 e. The van der Waals surface area contributed by atoms with E-state index in [0.29, 0.717) is 36.3 Å². The van der Waals surface area contributed by atoms with Crippen molar-refractivity contribution < 1.29 is 37.5 Å². The Bertz CT molecular complexity index is 1900. The highest BCUT2D eigenvalue weighted by Gasteiger charge is 2.52. The van der Waals surface area contributed by atoms with Gasteiger partial charge in [0.2, 0.25) is 17.7 Å². The highest BCUT2D eigenvalue weighted by atomic mass is 32.2. The summed E-state index contributed by atoms with van der Waals surface area (Å²) in [4.78, 5) is 65.1. The first-order valence-electron chi connectivity index (χ1n) is 18.0. The molecule has 1 aliphatic heterocycles. The average Bonchev–Trinajstić information content (AvgIpc) is 3.15. The highest BCUT2D eigenvalue weighted by Crippen LogP contribution is 2.32. The minimum absolute atomic E-state index is 0.00776. The fraction of sp³-hybridized carbons (Fsp3) is 0.410. The summed E-state index contributed by atoms with van der Waals surface area (Å²) in [6.45, 7) is 7.54. The summed E-state index contributed by atoms with van der Waals surface area (Å²) in [5.74, 6) is -3.88. The molecule has 1 saturated heterocycles. The number of carbonyl (C=O) groups excluding carboxylic acids is 4. The van der Waals surface area contributed by atoms with Crippen LogP contribution in [0, 0.1) is 12.8 Å². The second-order valence-electron chi connectivity index (χ2n) is 14.0. The van der Waals surface area contributed by atoms with Gasteiger partial charge in [0.25, 0.3) is 0 Å². The van der Waals surface area contributed by atoms with Crippen molar-refractivity contribution >= 4 is 50.9 Å². The zero-order chi connectivity index (χ0) is 39.5. The number of anilines is 2. The monoisotopic (exact) mass is 762 g/mol. The number of rotatable bonds is 16. The van der Waals surface area contributed by atoms with Gasteiger partial charge in [-0.15, -0.1) is 0 Å². The van der Waals surface area contributed by atoms with Gasteiger partial charge < -0.3 is 37.0 Å². The Morgan fingerprint density at radius 1 is 0.833 bits per heavy atom. The number of carbonyl (C=O) groups is 5. The van der Waals surface area contributed by atoms with Gasteiger partial charge in [-0.1, -0.05) is 62.4 Å². The number of benzene rings is 3. The molecule has 1 fully saturated rings. The Morgan fingerprint density at radius 2 is 1.50 bits per heavy atom. The number of hydrogen-bond donors (Lipinski definition) is 7. The number of aliphatic carboxylic acids is 1. The molecule has 0 bridgehead atoms. The molecule has 4 atom stereocenters. The Hall–Kier alpha value is -5.28. The van der Waals surface area contributed by atoms with Crippen LogP contribution in [0.5, 0.6) is 0 Å². The highest BCUT2D eigenvalue weighted by molar-refractivity contribution is 7.93. The lowest BCUT2D eigenvalue weighted by Crippen LogP contribution is -2.62. The van der Waals surface area contributed by atoms with E-state index in [-0.39, 0.29) is 36.7 Å². The number of piperidine rings is 1. The van der Waals surface area contributed by atoms with Crippen molar-refractivity contribution in [3.05, 3.63) is 90.0 Å². The molecule has 1 heterocycles. The minimum Gasteiger partial charge on any atom is -0.480 e. The predicted octanol–water partition coefficient (Wildman–Crippen LogP) is 3.95. The molecule has 0 radical (unpaired) electrons. The van der Waals surface area contributed by atoms with Gasteiger partial charge in [-0.05, 0) is 93.5 Å². The van der Waals surface area contributed by atoms with E-state index in [0.717, 1.165) is 5.56 Å². The van der Waals surface area contributed by atoms with E-state index in [1.54, 1.807) is 55.5 Å². The maximum atomic E-state index is 13.8. The third-order valence-corrected chi connectivity index (χ3v) is 11.9. The lowest BCUT2D eigenvalue weighted by molar-refractivity contribution is -0.142. The van der Waals surface area contributed by atoms with E-state index in [9.17, 15) is 37.5 Å². The fourth-order valence-electron chi connectivity index (χ4n) is 6.26. The first-order chi connectivity index (χ1) is 25.6. The standard InChI is InChI=1S/C39H50N6O8S/c1-25(2)23-33(43-34(46)27(4)28-15-17-29(18-16-28)42-38(51)45-31-14-9-8-11-26(31)3)35(47)41-22-19-32(36(48)49)44-37(50)39(20-10-21-40-24-39)54(52,53)30-12-6-5-7-13-30/h5-9,11-18,25,27,32-33,40H,10,19-24H2,1-4H3,(H,41,47)(H,43,46)(H,44,50)(H,48,49)(H2,42,45,51)/t27?,32-,33-,39-/m0/s1. The van der Waals surface area contributed by atoms with Crippen molar-refractivity contribution in [2.75, 3.05) is 30.3 Å².